The monoisotopic (exact) mass is 260 g/mol. The van der Waals surface area contributed by atoms with Crippen molar-refractivity contribution in [2.24, 2.45) is 11.8 Å². The summed E-state index contributed by atoms with van der Waals surface area (Å²) in [5, 5.41) is 0. The smallest absolute Gasteiger partial charge is 0.125 e. The Hall–Kier alpha value is -1.22. The van der Waals surface area contributed by atoms with Crippen LogP contribution >= 0.6 is 0 Å². The van der Waals surface area contributed by atoms with E-state index in [0.717, 1.165) is 29.8 Å². The SMILES string of the molecule is COc1cc(N)ccc1CN(CC1CC1)CC1CC1. The molecule has 19 heavy (non-hydrogen) atoms. The fourth-order valence-corrected chi connectivity index (χ4v) is 2.67. The Morgan fingerprint density at radius 2 is 1.79 bits per heavy atom. The lowest BCUT2D eigenvalue weighted by atomic mass is 10.1. The summed E-state index contributed by atoms with van der Waals surface area (Å²) in [4.78, 5) is 2.61. The van der Waals surface area contributed by atoms with E-state index in [0.29, 0.717) is 0 Å². The van der Waals surface area contributed by atoms with E-state index in [4.69, 9.17) is 10.5 Å². The molecule has 0 radical (unpaired) electrons. The number of nitrogen functional groups attached to an aromatic ring is 1. The zero-order chi connectivity index (χ0) is 13.2. The van der Waals surface area contributed by atoms with Gasteiger partial charge < -0.3 is 10.5 Å². The number of benzene rings is 1. The third-order valence-electron chi connectivity index (χ3n) is 4.13. The first-order chi connectivity index (χ1) is 9.24. The summed E-state index contributed by atoms with van der Waals surface area (Å²) in [7, 11) is 1.73. The Morgan fingerprint density at radius 1 is 1.16 bits per heavy atom. The highest BCUT2D eigenvalue weighted by atomic mass is 16.5. The second kappa shape index (κ2) is 5.41. The normalized spacial score (nSPS) is 18.8. The molecule has 0 unspecified atom stereocenters. The first-order valence-electron chi connectivity index (χ1n) is 7.39. The number of ether oxygens (including phenoxy) is 1. The van der Waals surface area contributed by atoms with Crippen molar-refractivity contribution in [3.8, 4) is 5.75 Å². The number of hydrogen-bond donors (Lipinski definition) is 1. The number of nitrogens with two attached hydrogens (primary N) is 1. The molecule has 0 spiro atoms. The van der Waals surface area contributed by atoms with Crippen molar-refractivity contribution >= 4 is 5.69 Å². The largest absolute Gasteiger partial charge is 0.496 e. The van der Waals surface area contributed by atoms with Crippen molar-refractivity contribution < 1.29 is 4.74 Å². The highest BCUT2D eigenvalue weighted by Gasteiger charge is 2.29. The number of hydrogen-bond acceptors (Lipinski definition) is 3. The fourth-order valence-electron chi connectivity index (χ4n) is 2.67. The number of nitrogens with zero attached hydrogens (tertiary/aromatic N) is 1. The first kappa shape index (κ1) is 12.8. The van der Waals surface area contributed by atoms with E-state index in [1.54, 1.807) is 7.11 Å². The van der Waals surface area contributed by atoms with Crippen LogP contribution in [0.1, 0.15) is 31.2 Å². The summed E-state index contributed by atoms with van der Waals surface area (Å²) in [6, 6.07) is 6.02. The molecule has 1 aromatic rings. The van der Waals surface area contributed by atoms with E-state index in [9.17, 15) is 0 Å². The van der Waals surface area contributed by atoms with E-state index < -0.39 is 0 Å². The Bertz CT molecular complexity index is 424. The minimum absolute atomic E-state index is 0.775. The molecule has 3 heteroatoms. The van der Waals surface area contributed by atoms with Gasteiger partial charge >= 0.3 is 0 Å². The van der Waals surface area contributed by atoms with E-state index in [-0.39, 0.29) is 0 Å². The molecular weight excluding hydrogens is 236 g/mol. The molecule has 104 valence electrons. The predicted octanol–water partition coefficient (Wildman–Crippen LogP) is 2.90. The van der Waals surface area contributed by atoms with E-state index in [1.165, 1.54) is 44.3 Å². The first-order valence-corrected chi connectivity index (χ1v) is 7.39. The molecule has 0 aliphatic heterocycles. The maximum absolute atomic E-state index is 5.82. The molecule has 2 aliphatic rings. The molecule has 0 atom stereocenters. The van der Waals surface area contributed by atoms with Crippen LogP contribution in [0, 0.1) is 11.8 Å². The van der Waals surface area contributed by atoms with Crippen LogP contribution in [0.5, 0.6) is 5.75 Å². The fraction of sp³-hybridized carbons (Fsp3) is 0.625. The standard InChI is InChI=1S/C16H24N2O/c1-19-16-8-15(17)7-6-14(16)11-18(9-12-2-3-12)10-13-4-5-13/h6-8,12-13H,2-5,9-11,17H2,1H3. The van der Waals surface area contributed by atoms with Crippen molar-refractivity contribution in [1.82, 2.24) is 4.90 Å². The van der Waals surface area contributed by atoms with Gasteiger partial charge in [-0.05, 0) is 43.6 Å². The van der Waals surface area contributed by atoms with E-state index in [1.807, 2.05) is 12.1 Å². The van der Waals surface area contributed by atoms with Gasteiger partial charge in [-0.2, -0.15) is 0 Å². The van der Waals surface area contributed by atoms with Crippen molar-refractivity contribution in [3.63, 3.8) is 0 Å². The zero-order valence-electron chi connectivity index (χ0n) is 11.8. The number of rotatable bonds is 7. The molecule has 2 saturated carbocycles. The number of methoxy groups -OCH3 is 1. The molecule has 2 fully saturated rings. The molecule has 3 nitrogen and oxygen atoms in total. The molecule has 2 aliphatic carbocycles. The lowest BCUT2D eigenvalue weighted by Gasteiger charge is -2.23. The van der Waals surface area contributed by atoms with Crippen LogP contribution in [0.4, 0.5) is 5.69 Å². The van der Waals surface area contributed by atoms with Crippen LogP contribution in [0.3, 0.4) is 0 Å². The molecule has 0 aromatic heterocycles. The molecule has 2 N–H and O–H groups in total. The lowest BCUT2D eigenvalue weighted by molar-refractivity contribution is 0.240. The Labute approximate surface area is 115 Å². The maximum Gasteiger partial charge on any atom is 0.125 e. The number of anilines is 1. The Morgan fingerprint density at radius 3 is 2.32 bits per heavy atom. The van der Waals surface area contributed by atoms with Gasteiger partial charge in [0.05, 0.1) is 7.11 Å². The zero-order valence-corrected chi connectivity index (χ0v) is 11.8. The highest BCUT2D eigenvalue weighted by molar-refractivity contribution is 5.48. The van der Waals surface area contributed by atoms with Gasteiger partial charge in [0.2, 0.25) is 0 Å². The summed E-state index contributed by atoms with van der Waals surface area (Å²) in [6.07, 6.45) is 5.67. The lowest BCUT2D eigenvalue weighted by Crippen LogP contribution is -2.28. The van der Waals surface area contributed by atoms with Gasteiger partial charge in [0.15, 0.2) is 0 Å². The summed E-state index contributed by atoms with van der Waals surface area (Å²) in [5.74, 6) is 2.81. The van der Waals surface area contributed by atoms with Gasteiger partial charge in [0, 0.05) is 37.0 Å². The molecule has 0 amide bonds. The summed E-state index contributed by atoms with van der Waals surface area (Å²) < 4.78 is 5.46. The van der Waals surface area contributed by atoms with Crippen LogP contribution in [0.2, 0.25) is 0 Å². The molecule has 0 saturated heterocycles. The Kier molecular flexibility index (Phi) is 3.65. The third-order valence-corrected chi connectivity index (χ3v) is 4.13. The van der Waals surface area contributed by atoms with Gasteiger partial charge in [-0.25, -0.2) is 0 Å². The third kappa shape index (κ3) is 3.63. The molecular formula is C16H24N2O. The molecule has 1 aromatic carbocycles. The second-order valence-corrected chi connectivity index (χ2v) is 6.15. The van der Waals surface area contributed by atoms with Crippen molar-refractivity contribution in [1.29, 1.82) is 0 Å². The topological polar surface area (TPSA) is 38.5 Å². The highest BCUT2D eigenvalue weighted by Crippen LogP contribution is 2.35. The van der Waals surface area contributed by atoms with Crippen LogP contribution in [-0.2, 0) is 6.54 Å². The molecule has 0 heterocycles. The van der Waals surface area contributed by atoms with Crippen LogP contribution in [-0.4, -0.2) is 25.1 Å². The van der Waals surface area contributed by atoms with Gasteiger partial charge in [-0.1, -0.05) is 6.07 Å². The minimum atomic E-state index is 0.775. The average molecular weight is 260 g/mol. The predicted molar refractivity (Wildman–Crippen MR) is 78.1 cm³/mol. The van der Waals surface area contributed by atoms with Crippen LogP contribution < -0.4 is 10.5 Å². The quantitative estimate of drug-likeness (QED) is 0.766. The van der Waals surface area contributed by atoms with Crippen molar-refractivity contribution in [2.45, 2.75) is 32.2 Å². The Balaban J connectivity index is 1.68. The minimum Gasteiger partial charge on any atom is -0.496 e. The summed E-state index contributed by atoms with van der Waals surface area (Å²) in [5.41, 5.74) is 7.86. The summed E-state index contributed by atoms with van der Waals surface area (Å²) in [6.45, 7) is 3.50. The molecule has 0 bridgehead atoms. The van der Waals surface area contributed by atoms with Crippen LogP contribution in [0.15, 0.2) is 18.2 Å². The van der Waals surface area contributed by atoms with Gasteiger partial charge in [0.25, 0.3) is 0 Å². The summed E-state index contributed by atoms with van der Waals surface area (Å²) >= 11 is 0. The van der Waals surface area contributed by atoms with Gasteiger partial charge in [0.1, 0.15) is 5.75 Å². The van der Waals surface area contributed by atoms with Gasteiger partial charge in [-0.15, -0.1) is 0 Å². The molecule has 3 rings (SSSR count). The second-order valence-electron chi connectivity index (χ2n) is 6.15. The van der Waals surface area contributed by atoms with Crippen molar-refractivity contribution in [3.05, 3.63) is 23.8 Å². The van der Waals surface area contributed by atoms with Crippen LogP contribution in [0.25, 0.3) is 0 Å². The van der Waals surface area contributed by atoms with Gasteiger partial charge in [-0.3, -0.25) is 4.90 Å². The average Bonchev–Trinajstić information content (AvgIpc) is 3.27. The van der Waals surface area contributed by atoms with Crippen molar-refractivity contribution in [2.75, 3.05) is 25.9 Å². The van der Waals surface area contributed by atoms with E-state index in [2.05, 4.69) is 11.0 Å². The maximum atomic E-state index is 5.82. The van der Waals surface area contributed by atoms with E-state index >= 15 is 0 Å².